The molecule has 0 aromatic rings. The summed E-state index contributed by atoms with van der Waals surface area (Å²) in [7, 11) is 18.3. The van der Waals surface area contributed by atoms with Gasteiger partial charge in [-0.25, -0.2) is 0 Å². The minimum Gasteiger partial charge on any atom is -0.466 e. The van der Waals surface area contributed by atoms with Crippen LogP contribution in [-0.4, -0.2) is 81.4 Å². The molecule has 0 rings (SSSR count). The lowest BCUT2D eigenvalue weighted by Gasteiger charge is -2.64. The van der Waals surface area contributed by atoms with Gasteiger partial charge in [-0.15, -0.1) is 5.21 Å². The average molecular weight is 324 g/mol. The van der Waals surface area contributed by atoms with Crippen molar-refractivity contribution in [2.45, 2.75) is 60.5 Å². The van der Waals surface area contributed by atoms with Crippen LogP contribution in [0.1, 0.15) is 27.7 Å². The standard InChI is InChI=1S/C13H35B8NO2/c1-5-24-9(23)6(2)8(22)11(17,7(3)14)13(20,21)12(18,19)10(4,15)16/h6-8H,5,14-22H2,1-4H3/t6-,7?,8+,11?/m0/s1. The Morgan fingerprint density at radius 1 is 1.04 bits per heavy atom. The molecule has 0 amide bonds. The number of hydrogen-bond acceptors (Lipinski definition) is 3. The number of hydrogen-bond donors (Lipinski definition) is 1. The zero-order valence-corrected chi connectivity index (χ0v) is 18.3. The SMILES string of the molecule is BC(C)C(B)([C@H](N)[C@H](C)C(=O)OCC)C(B)(B)C(B)(B)C(B)(B)C. The van der Waals surface area contributed by atoms with E-state index in [1.165, 1.54) is 0 Å². The third-order valence-electron chi connectivity index (χ3n) is 7.87. The number of nitrogens with two attached hydrogens (primary N) is 1. The van der Waals surface area contributed by atoms with E-state index in [0.717, 1.165) is 0 Å². The molecule has 0 saturated heterocycles. The third kappa shape index (κ3) is 3.86. The van der Waals surface area contributed by atoms with Crippen LogP contribution >= 0.6 is 0 Å². The van der Waals surface area contributed by atoms with Gasteiger partial charge in [0.25, 0.3) is 0 Å². The molecular weight excluding hydrogens is 289 g/mol. The minimum absolute atomic E-state index is 0.0189. The van der Waals surface area contributed by atoms with Crippen molar-refractivity contribution >= 4 is 68.7 Å². The highest BCUT2D eigenvalue weighted by Gasteiger charge is 2.57. The topological polar surface area (TPSA) is 52.3 Å². The van der Waals surface area contributed by atoms with Crippen molar-refractivity contribution in [3.05, 3.63) is 0 Å². The summed E-state index contributed by atoms with van der Waals surface area (Å²) >= 11 is 0. The Hall–Kier alpha value is -0.0505. The highest BCUT2D eigenvalue weighted by Crippen LogP contribution is 2.69. The maximum absolute atomic E-state index is 12.3. The van der Waals surface area contributed by atoms with Crippen LogP contribution in [0.5, 0.6) is 0 Å². The Morgan fingerprint density at radius 2 is 1.46 bits per heavy atom. The van der Waals surface area contributed by atoms with E-state index >= 15 is 0 Å². The van der Waals surface area contributed by atoms with E-state index in [-0.39, 0.29) is 38.9 Å². The fraction of sp³-hybridized carbons (Fsp3) is 0.923. The molecule has 128 valence electrons. The minimum atomic E-state index is -0.326. The van der Waals surface area contributed by atoms with Crippen LogP contribution in [0.4, 0.5) is 0 Å². The van der Waals surface area contributed by atoms with Crippen LogP contribution in [0.15, 0.2) is 0 Å². The summed E-state index contributed by atoms with van der Waals surface area (Å²) < 4.78 is 5.25. The Bertz CT molecular complexity index is 452. The van der Waals surface area contributed by atoms with E-state index in [1.54, 1.807) is 0 Å². The van der Waals surface area contributed by atoms with Crippen LogP contribution in [0.3, 0.4) is 0 Å². The summed E-state index contributed by atoms with van der Waals surface area (Å²) in [4.78, 5) is 12.3. The van der Waals surface area contributed by atoms with Crippen molar-refractivity contribution in [3.8, 4) is 0 Å². The summed E-state index contributed by atoms with van der Waals surface area (Å²) in [5, 5.41) is -0.187. The van der Waals surface area contributed by atoms with Crippen molar-refractivity contribution < 1.29 is 9.53 Å². The molecule has 0 bridgehead atoms. The Kier molecular flexibility index (Phi) is 7.66. The predicted octanol–water partition coefficient (Wildman–Crippen LogP) is -5.09. The van der Waals surface area contributed by atoms with Gasteiger partial charge >= 0.3 is 5.97 Å². The molecular formula is C13H35B8NO2. The van der Waals surface area contributed by atoms with Crippen molar-refractivity contribution in [1.82, 2.24) is 0 Å². The van der Waals surface area contributed by atoms with Gasteiger partial charge in [0.1, 0.15) is 15.7 Å². The van der Waals surface area contributed by atoms with Gasteiger partial charge in [-0.1, -0.05) is 42.3 Å². The van der Waals surface area contributed by atoms with Crippen molar-refractivity contribution in [3.63, 3.8) is 0 Å². The number of rotatable bonds is 8. The summed E-state index contributed by atoms with van der Waals surface area (Å²) in [6.45, 7) is 8.65. The normalized spacial score (nSPS) is 19.7. The number of carbonyl (C=O) groups excluding carboxylic acids is 1. The van der Waals surface area contributed by atoms with Crippen LogP contribution in [0.2, 0.25) is 26.8 Å². The van der Waals surface area contributed by atoms with E-state index in [1.807, 2.05) is 13.8 Å². The summed E-state index contributed by atoms with van der Waals surface area (Å²) in [5.74, 6) is -0.186. The molecule has 3 nitrogen and oxygen atoms in total. The zero-order valence-electron chi connectivity index (χ0n) is 18.3. The van der Waals surface area contributed by atoms with Crippen LogP contribution < -0.4 is 5.73 Å². The molecule has 24 heavy (non-hydrogen) atoms. The second-order valence-corrected chi connectivity index (χ2v) is 10.0. The molecule has 0 aromatic carbocycles. The molecule has 0 fully saturated rings. The van der Waals surface area contributed by atoms with Crippen LogP contribution in [0.25, 0.3) is 0 Å². The molecule has 2 N–H and O–H groups in total. The van der Waals surface area contributed by atoms with Crippen LogP contribution in [-0.2, 0) is 9.53 Å². The fourth-order valence-corrected chi connectivity index (χ4v) is 4.07. The number of carbonyl (C=O) groups is 1. The lowest BCUT2D eigenvalue weighted by atomic mass is 9.11. The van der Waals surface area contributed by atoms with Gasteiger partial charge in [-0.05, 0) is 6.92 Å². The summed E-state index contributed by atoms with van der Waals surface area (Å²) in [6.07, 6.45) is 0. The molecule has 0 aliphatic heterocycles. The third-order valence-corrected chi connectivity index (χ3v) is 7.87. The van der Waals surface area contributed by atoms with E-state index in [0.29, 0.717) is 12.4 Å². The van der Waals surface area contributed by atoms with E-state index < -0.39 is 0 Å². The molecule has 0 aliphatic carbocycles. The van der Waals surface area contributed by atoms with Gasteiger partial charge in [-0.2, -0.15) is 0 Å². The summed E-state index contributed by atoms with van der Waals surface area (Å²) in [5.41, 5.74) is 6.75. The lowest BCUT2D eigenvalue weighted by molar-refractivity contribution is -0.148. The maximum Gasteiger partial charge on any atom is 0.310 e. The molecule has 11 heteroatoms. The largest absolute Gasteiger partial charge is 0.466 e. The highest BCUT2D eigenvalue weighted by molar-refractivity contribution is 6.63. The average Bonchev–Trinajstić information content (AvgIpc) is 2.42. The second-order valence-electron chi connectivity index (χ2n) is 10.0. The molecule has 0 aromatic heterocycles. The van der Waals surface area contributed by atoms with Crippen molar-refractivity contribution in [2.75, 3.05) is 6.61 Å². The first-order valence-corrected chi connectivity index (χ1v) is 9.42. The highest BCUT2D eigenvalue weighted by atomic mass is 16.5. The molecule has 0 spiro atoms. The lowest BCUT2D eigenvalue weighted by Crippen LogP contribution is -2.58. The summed E-state index contributed by atoms with van der Waals surface area (Å²) in [6, 6.07) is -0.270. The molecule has 2 unspecified atom stereocenters. The fourth-order valence-electron chi connectivity index (χ4n) is 4.07. The molecule has 0 saturated carbocycles. The molecule has 0 heterocycles. The molecule has 0 aliphatic rings. The van der Waals surface area contributed by atoms with E-state index in [4.69, 9.17) is 10.5 Å². The Balaban J connectivity index is 6.13. The first-order valence-electron chi connectivity index (χ1n) is 9.42. The quantitative estimate of drug-likeness (QED) is 0.359. The van der Waals surface area contributed by atoms with Gasteiger partial charge in [-0.3, -0.25) is 4.79 Å². The van der Waals surface area contributed by atoms with Crippen molar-refractivity contribution in [2.24, 2.45) is 11.7 Å². The Morgan fingerprint density at radius 3 is 1.75 bits per heavy atom. The number of ether oxygens (including phenoxy) is 1. The van der Waals surface area contributed by atoms with Gasteiger partial charge in [0.2, 0.25) is 0 Å². The van der Waals surface area contributed by atoms with Gasteiger partial charge < -0.3 is 10.5 Å². The first-order chi connectivity index (χ1) is 10.5. The monoisotopic (exact) mass is 325 g/mol. The predicted molar refractivity (Wildman–Crippen MR) is 128 cm³/mol. The van der Waals surface area contributed by atoms with Gasteiger partial charge in [0, 0.05) is 6.04 Å². The van der Waals surface area contributed by atoms with E-state index in [9.17, 15) is 4.79 Å². The Labute approximate surface area is 157 Å². The van der Waals surface area contributed by atoms with E-state index in [2.05, 4.69) is 76.6 Å². The van der Waals surface area contributed by atoms with Gasteiger partial charge in [0.05, 0.1) is 59.6 Å². The molecule has 4 atom stereocenters. The zero-order chi connectivity index (χ0) is 19.7. The molecule has 0 radical (unpaired) electrons. The first kappa shape index (κ1) is 23.9. The smallest absolute Gasteiger partial charge is 0.310 e. The van der Waals surface area contributed by atoms with Crippen molar-refractivity contribution in [1.29, 1.82) is 0 Å². The number of esters is 1. The maximum atomic E-state index is 12.3. The van der Waals surface area contributed by atoms with Crippen LogP contribution in [0, 0.1) is 5.92 Å². The van der Waals surface area contributed by atoms with Gasteiger partial charge in [0.15, 0.2) is 0 Å². The second kappa shape index (κ2) is 7.68.